The molecule has 0 aromatic carbocycles. The SMILES string of the molecule is CCOC(=O)[C@H]1CC2CC2N1c1nc(Cl)ncc1[N+](=O)[O-]. The Balaban J connectivity index is 1.99. The van der Waals surface area contributed by atoms with E-state index >= 15 is 0 Å². The van der Waals surface area contributed by atoms with Gasteiger partial charge in [-0.05, 0) is 37.3 Å². The molecule has 1 saturated carbocycles. The highest BCUT2D eigenvalue weighted by atomic mass is 35.5. The highest BCUT2D eigenvalue weighted by Crippen LogP contribution is 2.51. The normalized spacial score (nSPS) is 26.4. The van der Waals surface area contributed by atoms with E-state index in [0.29, 0.717) is 12.3 Å². The smallest absolute Gasteiger partial charge is 0.329 e. The highest BCUT2D eigenvalue weighted by Gasteiger charge is 2.56. The molecule has 0 bridgehead atoms. The Hall–Kier alpha value is -1.96. The van der Waals surface area contributed by atoms with Crippen molar-refractivity contribution in [3.8, 4) is 0 Å². The van der Waals surface area contributed by atoms with Crippen LogP contribution in [0, 0.1) is 16.0 Å². The number of carbonyl (C=O) groups excluding carboxylic acids is 1. The van der Waals surface area contributed by atoms with Gasteiger partial charge in [-0.15, -0.1) is 0 Å². The lowest BCUT2D eigenvalue weighted by Gasteiger charge is -2.26. The number of anilines is 1. The molecule has 0 amide bonds. The van der Waals surface area contributed by atoms with Gasteiger partial charge in [0.15, 0.2) is 0 Å². The molecule has 0 spiro atoms. The van der Waals surface area contributed by atoms with Crippen molar-refractivity contribution in [3.63, 3.8) is 0 Å². The van der Waals surface area contributed by atoms with Crippen LogP contribution < -0.4 is 4.90 Å². The van der Waals surface area contributed by atoms with Crippen LogP contribution in [0.15, 0.2) is 6.20 Å². The lowest BCUT2D eigenvalue weighted by molar-refractivity contribution is -0.384. The maximum atomic E-state index is 12.1. The van der Waals surface area contributed by atoms with E-state index in [1.165, 1.54) is 0 Å². The molecule has 1 aromatic rings. The number of halogens is 1. The predicted octanol–water partition coefficient (Wildman–Crippen LogP) is 1.57. The number of hydrogen-bond donors (Lipinski definition) is 0. The summed E-state index contributed by atoms with van der Waals surface area (Å²) in [5, 5.41) is 11.1. The van der Waals surface area contributed by atoms with Crippen LogP contribution in [-0.4, -0.2) is 39.6 Å². The number of nitrogens with zero attached hydrogens (tertiary/aromatic N) is 4. The number of rotatable bonds is 4. The second kappa shape index (κ2) is 5.10. The van der Waals surface area contributed by atoms with Crippen molar-refractivity contribution in [1.82, 2.24) is 9.97 Å². The van der Waals surface area contributed by atoms with Gasteiger partial charge < -0.3 is 9.64 Å². The van der Waals surface area contributed by atoms with Crippen molar-refractivity contribution < 1.29 is 14.5 Å². The van der Waals surface area contributed by atoms with Gasteiger partial charge in [-0.25, -0.2) is 9.78 Å². The minimum Gasteiger partial charge on any atom is -0.464 e. The second-order valence-electron chi connectivity index (χ2n) is 5.08. The van der Waals surface area contributed by atoms with E-state index in [4.69, 9.17) is 16.3 Å². The van der Waals surface area contributed by atoms with E-state index in [0.717, 1.165) is 12.6 Å². The van der Waals surface area contributed by atoms with Crippen LogP contribution in [0.5, 0.6) is 0 Å². The van der Waals surface area contributed by atoms with E-state index in [1.54, 1.807) is 11.8 Å². The molecule has 1 saturated heterocycles. The number of hydrogen-bond acceptors (Lipinski definition) is 7. The zero-order valence-electron chi connectivity index (χ0n) is 11.2. The number of carbonyl (C=O) groups is 1. The van der Waals surface area contributed by atoms with Gasteiger partial charge in [-0.1, -0.05) is 0 Å². The lowest BCUT2D eigenvalue weighted by Crippen LogP contribution is -2.41. The van der Waals surface area contributed by atoms with Gasteiger partial charge in [0.2, 0.25) is 11.1 Å². The van der Waals surface area contributed by atoms with Crippen molar-refractivity contribution in [1.29, 1.82) is 0 Å². The van der Waals surface area contributed by atoms with E-state index in [2.05, 4.69) is 9.97 Å². The first-order valence-electron chi connectivity index (χ1n) is 6.64. The molecule has 112 valence electrons. The Labute approximate surface area is 125 Å². The monoisotopic (exact) mass is 312 g/mol. The second-order valence-corrected chi connectivity index (χ2v) is 5.42. The summed E-state index contributed by atoms with van der Waals surface area (Å²) in [5.41, 5.74) is -0.249. The first-order valence-corrected chi connectivity index (χ1v) is 7.02. The largest absolute Gasteiger partial charge is 0.464 e. The Bertz CT molecular complexity index is 611. The number of fused-ring (bicyclic) bond motifs is 1. The molecule has 2 unspecified atom stereocenters. The fourth-order valence-electron chi connectivity index (χ4n) is 2.87. The summed E-state index contributed by atoms with van der Waals surface area (Å²) in [6.07, 6.45) is 2.60. The summed E-state index contributed by atoms with van der Waals surface area (Å²) in [4.78, 5) is 31.9. The molecule has 3 rings (SSSR count). The van der Waals surface area contributed by atoms with Crippen molar-refractivity contribution in [2.45, 2.75) is 31.8 Å². The van der Waals surface area contributed by atoms with Crippen molar-refractivity contribution in [3.05, 3.63) is 21.6 Å². The molecule has 2 heterocycles. The lowest BCUT2D eigenvalue weighted by atomic mass is 10.1. The molecule has 1 aliphatic heterocycles. The van der Waals surface area contributed by atoms with Gasteiger partial charge in [0.1, 0.15) is 12.2 Å². The molecule has 21 heavy (non-hydrogen) atoms. The van der Waals surface area contributed by atoms with Gasteiger partial charge >= 0.3 is 11.7 Å². The molecular formula is C12H13ClN4O4. The Morgan fingerprint density at radius 3 is 3.05 bits per heavy atom. The predicted molar refractivity (Wildman–Crippen MR) is 73.1 cm³/mol. The number of nitro groups is 1. The Kier molecular flexibility index (Phi) is 3.40. The summed E-state index contributed by atoms with van der Waals surface area (Å²) in [6, 6.07) is -0.456. The fraction of sp³-hybridized carbons (Fsp3) is 0.583. The van der Waals surface area contributed by atoms with Crippen molar-refractivity contribution in [2.75, 3.05) is 11.5 Å². The maximum Gasteiger partial charge on any atom is 0.329 e. The molecule has 1 aliphatic carbocycles. The van der Waals surface area contributed by atoms with Crippen LogP contribution in [0.1, 0.15) is 19.8 Å². The third-order valence-electron chi connectivity index (χ3n) is 3.82. The minimum absolute atomic E-state index is 0.0812. The van der Waals surface area contributed by atoms with Gasteiger partial charge in [0.05, 0.1) is 11.5 Å². The molecule has 2 aliphatic rings. The van der Waals surface area contributed by atoms with E-state index < -0.39 is 11.0 Å². The first-order chi connectivity index (χ1) is 10.0. The summed E-state index contributed by atoms with van der Waals surface area (Å²) in [5.74, 6) is 0.0736. The highest BCUT2D eigenvalue weighted by molar-refractivity contribution is 6.28. The maximum absolute atomic E-state index is 12.1. The van der Waals surface area contributed by atoms with E-state index in [1.807, 2.05) is 0 Å². The van der Waals surface area contributed by atoms with Crippen molar-refractivity contribution in [2.24, 2.45) is 5.92 Å². The van der Waals surface area contributed by atoms with Gasteiger partial charge in [0, 0.05) is 6.04 Å². The summed E-state index contributed by atoms with van der Waals surface area (Å²) < 4.78 is 5.05. The Morgan fingerprint density at radius 2 is 2.38 bits per heavy atom. The van der Waals surface area contributed by atoms with Crippen LogP contribution in [-0.2, 0) is 9.53 Å². The topological polar surface area (TPSA) is 98.5 Å². The molecule has 8 nitrogen and oxygen atoms in total. The standard InChI is InChI=1S/C12H13ClN4O4/c1-2-21-11(18)8-4-6-3-7(6)16(8)10-9(17(19)20)5-14-12(13)15-10/h5-8H,2-4H2,1H3/t6?,7?,8-/m1/s1. The molecule has 0 radical (unpaired) electrons. The van der Waals surface area contributed by atoms with Gasteiger partial charge in [-0.2, -0.15) is 4.98 Å². The van der Waals surface area contributed by atoms with Crippen LogP contribution in [0.3, 0.4) is 0 Å². The zero-order valence-corrected chi connectivity index (χ0v) is 12.0. The van der Waals surface area contributed by atoms with Gasteiger partial charge in [-0.3, -0.25) is 10.1 Å². The average molecular weight is 313 g/mol. The Morgan fingerprint density at radius 1 is 1.62 bits per heavy atom. The quantitative estimate of drug-likeness (QED) is 0.360. The molecule has 1 aromatic heterocycles. The fourth-order valence-corrected chi connectivity index (χ4v) is 3.00. The molecule has 0 N–H and O–H groups in total. The number of aromatic nitrogens is 2. The summed E-state index contributed by atoms with van der Waals surface area (Å²) in [7, 11) is 0. The van der Waals surface area contributed by atoms with Crippen LogP contribution in [0.4, 0.5) is 11.5 Å². The zero-order chi connectivity index (χ0) is 15.1. The van der Waals surface area contributed by atoms with E-state index in [-0.39, 0.29) is 35.4 Å². The molecule has 3 atom stereocenters. The third-order valence-corrected chi connectivity index (χ3v) is 4.01. The number of piperidine rings is 1. The van der Waals surface area contributed by atoms with Crippen LogP contribution in [0.25, 0.3) is 0 Å². The summed E-state index contributed by atoms with van der Waals surface area (Å²) in [6.45, 7) is 1.99. The summed E-state index contributed by atoms with van der Waals surface area (Å²) >= 11 is 5.76. The van der Waals surface area contributed by atoms with Crippen LogP contribution >= 0.6 is 11.6 Å². The average Bonchev–Trinajstić information content (AvgIpc) is 3.09. The number of ether oxygens (including phenoxy) is 1. The third kappa shape index (κ3) is 2.39. The van der Waals surface area contributed by atoms with Crippen LogP contribution in [0.2, 0.25) is 5.28 Å². The minimum atomic E-state index is -0.566. The molecule has 2 fully saturated rings. The first kappa shape index (κ1) is 14.0. The number of esters is 1. The molecular weight excluding hydrogens is 300 g/mol. The van der Waals surface area contributed by atoms with Gasteiger partial charge in [0.25, 0.3) is 0 Å². The van der Waals surface area contributed by atoms with E-state index in [9.17, 15) is 14.9 Å². The molecule has 9 heteroatoms. The van der Waals surface area contributed by atoms with Crippen molar-refractivity contribution >= 4 is 29.1 Å².